The fourth-order valence-electron chi connectivity index (χ4n) is 1.37. The van der Waals surface area contributed by atoms with E-state index in [9.17, 15) is 0 Å². The van der Waals surface area contributed by atoms with Gasteiger partial charge in [0, 0.05) is 17.1 Å². The van der Waals surface area contributed by atoms with Gasteiger partial charge in [0.25, 0.3) is 0 Å². The first kappa shape index (κ1) is 12.4. The minimum Gasteiger partial charge on any atom is -0.496 e. The molecule has 1 atom stereocenters. The average molecular weight is 275 g/mol. The third kappa shape index (κ3) is 3.17. The Kier molecular flexibility index (Phi) is 5.04. The second-order valence-corrected chi connectivity index (χ2v) is 3.98. The van der Waals surface area contributed by atoms with E-state index in [1.54, 1.807) is 14.2 Å². The monoisotopic (exact) mass is 274 g/mol. The Labute approximate surface area is 97.8 Å². The van der Waals surface area contributed by atoms with Crippen molar-refractivity contribution in [2.24, 2.45) is 5.84 Å². The summed E-state index contributed by atoms with van der Waals surface area (Å²) in [7, 11) is 3.27. The molecule has 0 spiro atoms. The van der Waals surface area contributed by atoms with Gasteiger partial charge in [-0.3, -0.25) is 11.3 Å². The SMILES string of the molecule is COCC(NN)c1ccc(Br)cc1OC. The first-order valence-electron chi connectivity index (χ1n) is 4.51. The molecule has 15 heavy (non-hydrogen) atoms. The lowest BCUT2D eigenvalue weighted by Crippen LogP contribution is -2.31. The molecule has 1 aromatic rings. The minimum atomic E-state index is -0.0713. The van der Waals surface area contributed by atoms with Gasteiger partial charge in [-0.15, -0.1) is 0 Å². The standard InChI is InChI=1S/C10H15BrN2O2/c1-14-6-9(13-12)8-4-3-7(11)5-10(8)15-2/h3-5,9,13H,6,12H2,1-2H3. The molecule has 0 amide bonds. The van der Waals surface area contributed by atoms with E-state index in [-0.39, 0.29) is 6.04 Å². The van der Waals surface area contributed by atoms with Crippen LogP contribution in [-0.2, 0) is 4.74 Å². The first-order chi connectivity index (χ1) is 7.22. The number of hydrazine groups is 1. The van der Waals surface area contributed by atoms with Crippen LogP contribution < -0.4 is 16.0 Å². The highest BCUT2D eigenvalue weighted by Gasteiger charge is 2.14. The fourth-order valence-corrected chi connectivity index (χ4v) is 1.71. The number of ether oxygens (including phenoxy) is 2. The number of hydrogen-bond donors (Lipinski definition) is 2. The fraction of sp³-hybridized carbons (Fsp3) is 0.400. The molecule has 1 rings (SSSR count). The number of benzene rings is 1. The summed E-state index contributed by atoms with van der Waals surface area (Å²) in [4.78, 5) is 0. The predicted octanol–water partition coefficient (Wildman–Crippen LogP) is 1.61. The molecule has 0 saturated carbocycles. The van der Waals surface area contributed by atoms with E-state index in [0.29, 0.717) is 6.61 Å². The van der Waals surface area contributed by atoms with Crippen molar-refractivity contribution in [3.63, 3.8) is 0 Å². The smallest absolute Gasteiger partial charge is 0.124 e. The summed E-state index contributed by atoms with van der Waals surface area (Å²) in [6, 6.07) is 5.72. The molecule has 5 heteroatoms. The van der Waals surface area contributed by atoms with Crippen LogP contribution in [0.15, 0.2) is 22.7 Å². The number of rotatable bonds is 5. The lowest BCUT2D eigenvalue weighted by molar-refractivity contribution is 0.166. The van der Waals surface area contributed by atoms with Crippen LogP contribution in [0.2, 0.25) is 0 Å². The molecular weight excluding hydrogens is 260 g/mol. The average Bonchev–Trinajstić information content (AvgIpc) is 2.26. The molecule has 0 aliphatic rings. The van der Waals surface area contributed by atoms with Crippen molar-refractivity contribution in [2.75, 3.05) is 20.8 Å². The van der Waals surface area contributed by atoms with Crippen molar-refractivity contribution < 1.29 is 9.47 Å². The topological polar surface area (TPSA) is 56.5 Å². The Balaban J connectivity index is 2.99. The highest BCUT2D eigenvalue weighted by atomic mass is 79.9. The van der Waals surface area contributed by atoms with Crippen LogP contribution in [-0.4, -0.2) is 20.8 Å². The van der Waals surface area contributed by atoms with E-state index in [1.165, 1.54) is 0 Å². The molecular formula is C10H15BrN2O2. The van der Waals surface area contributed by atoms with Crippen molar-refractivity contribution in [1.82, 2.24) is 5.43 Å². The van der Waals surface area contributed by atoms with Gasteiger partial charge in [0.15, 0.2) is 0 Å². The van der Waals surface area contributed by atoms with Crippen molar-refractivity contribution in [2.45, 2.75) is 6.04 Å². The molecule has 0 aliphatic carbocycles. The minimum absolute atomic E-state index is 0.0713. The maximum atomic E-state index is 5.46. The van der Waals surface area contributed by atoms with Gasteiger partial charge in [-0.05, 0) is 12.1 Å². The summed E-state index contributed by atoms with van der Waals surface area (Å²) in [5, 5.41) is 0. The second-order valence-electron chi connectivity index (χ2n) is 3.06. The Morgan fingerprint density at radius 3 is 2.73 bits per heavy atom. The van der Waals surface area contributed by atoms with Crippen LogP contribution in [0.4, 0.5) is 0 Å². The lowest BCUT2D eigenvalue weighted by atomic mass is 10.1. The lowest BCUT2D eigenvalue weighted by Gasteiger charge is -2.18. The zero-order valence-corrected chi connectivity index (χ0v) is 10.4. The quantitative estimate of drug-likeness (QED) is 0.633. The zero-order chi connectivity index (χ0) is 11.3. The number of nitrogens with one attached hydrogen (secondary N) is 1. The largest absolute Gasteiger partial charge is 0.496 e. The third-order valence-electron chi connectivity index (χ3n) is 2.11. The summed E-state index contributed by atoms with van der Waals surface area (Å²) < 4.78 is 11.3. The Morgan fingerprint density at radius 1 is 1.47 bits per heavy atom. The summed E-state index contributed by atoms with van der Waals surface area (Å²) in [5.74, 6) is 6.24. The van der Waals surface area contributed by atoms with Gasteiger partial charge in [-0.25, -0.2) is 0 Å². The number of hydrogen-bond acceptors (Lipinski definition) is 4. The highest BCUT2D eigenvalue weighted by molar-refractivity contribution is 9.10. The van der Waals surface area contributed by atoms with Gasteiger partial charge < -0.3 is 9.47 Å². The molecule has 0 fully saturated rings. The van der Waals surface area contributed by atoms with Crippen molar-refractivity contribution in [3.05, 3.63) is 28.2 Å². The van der Waals surface area contributed by atoms with Gasteiger partial charge in [0.1, 0.15) is 5.75 Å². The van der Waals surface area contributed by atoms with Gasteiger partial charge in [-0.1, -0.05) is 22.0 Å². The molecule has 0 aliphatic heterocycles. The number of nitrogens with two attached hydrogens (primary N) is 1. The van der Waals surface area contributed by atoms with Gasteiger partial charge in [0.05, 0.1) is 19.8 Å². The molecule has 0 aromatic heterocycles. The Morgan fingerprint density at radius 2 is 2.20 bits per heavy atom. The molecule has 4 nitrogen and oxygen atoms in total. The van der Waals surface area contributed by atoms with Crippen LogP contribution >= 0.6 is 15.9 Å². The molecule has 0 radical (unpaired) electrons. The van der Waals surface area contributed by atoms with E-state index < -0.39 is 0 Å². The van der Waals surface area contributed by atoms with Crippen LogP contribution in [0.3, 0.4) is 0 Å². The van der Waals surface area contributed by atoms with Gasteiger partial charge in [-0.2, -0.15) is 0 Å². The summed E-state index contributed by atoms with van der Waals surface area (Å²) >= 11 is 3.38. The highest BCUT2D eigenvalue weighted by Crippen LogP contribution is 2.28. The van der Waals surface area contributed by atoms with E-state index in [0.717, 1.165) is 15.8 Å². The van der Waals surface area contributed by atoms with Crippen LogP contribution in [0.25, 0.3) is 0 Å². The van der Waals surface area contributed by atoms with Crippen molar-refractivity contribution in [1.29, 1.82) is 0 Å². The molecule has 3 N–H and O–H groups in total. The van der Waals surface area contributed by atoms with E-state index in [4.69, 9.17) is 15.3 Å². The van der Waals surface area contributed by atoms with Crippen molar-refractivity contribution in [3.8, 4) is 5.75 Å². The summed E-state index contributed by atoms with van der Waals surface area (Å²) in [5.41, 5.74) is 3.67. The van der Waals surface area contributed by atoms with Crippen LogP contribution in [0.1, 0.15) is 11.6 Å². The Hall–Kier alpha value is -0.620. The van der Waals surface area contributed by atoms with E-state index in [2.05, 4.69) is 21.4 Å². The van der Waals surface area contributed by atoms with Crippen molar-refractivity contribution >= 4 is 15.9 Å². The van der Waals surface area contributed by atoms with E-state index in [1.807, 2.05) is 18.2 Å². The first-order valence-corrected chi connectivity index (χ1v) is 5.30. The van der Waals surface area contributed by atoms with Crippen LogP contribution in [0.5, 0.6) is 5.75 Å². The van der Waals surface area contributed by atoms with Gasteiger partial charge in [0.2, 0.25) is 0 Å². The molecule has 1 aromatic carbocycles. The number of methoxy groups -OCH3 is 2. The maximum Gasteiger partial charge on any atom is 0.124 e. The predicted molar refractivity (Wildman–Crippen MR) is 62.6 cm³/mol. The molecule has 0 heterocycles. The van der Waals surface area contributed by atoms with Crippen LogP contribution in [0, 0.1) is 0 Å². The maximum absolute atomic E-state index is 5.46. The molecule has 1 unspecified atom stereocenters. The molecule has 84 valence electrons. The zero-order valence-electron chi connectivity index (χ0n) is 8.79. The molecule has 0 saturated heterocycles. The number of halogens is 1. The van der Waals surface area contributed by atoms with Gasteiger partial charge >= 0.3 is 0 Å². The normalized spacial score (nSPS) is 12.5. The second kappa shape index (κ2) is 6.07. The summed E-state index contributed by atoms with van der Waals surface area (Å²) in [6.45, 7) is 0.495. The Bertz CT molecular complexity index is 320. The summed E-state index contributed by atoms with van der Waals surface area (Å²) in [6.07, 6.45) is 0. The molecule has 0 bridgehead atoms. The third-order valence-corrected chi connectivity index (χ3v) is 2.60. The van der Waals surface area contributed by atoms with E-state index >= 15 is 0 Å².